The monoisotopic (exact) mass is 312 g/mol. The van der Waals surface area contributed by atoms with Crippen LogP contribution in [0, 0.1) is 0 Å². The van der Waals surface area contributed by atoms with E-state index in [0.29, 0.717) is 5.88 Å². The Morgan fingerprint density at radius 1 is 1.33 bits per heavy atom. The lowest BCUT2D eigenvalue weighted by Crippen LogP contribution is -1.89. The molecule has 1 aromatic rings. The van der Waals surface area contributed by atoms with Gasteiger partial charge in [-0.3, -0.25) is 0 Å². The normalized spacial score (nSPS) is 10.0. The zero-order valence-electron chi connectivity index (χ0n) is 6.40. The number of halogens is 3. The van der Waals surface area contributed by atoms with Crippen molar-refractivity contribution >= 4 is 43.5 Å². The van der Waals surface area contributed by atoms with Gasteiger partial charge in [0.25, 0.3) is 0 Å². The molecule has 0 aromatic heterocycles. The summed E-state index contributed by atoms with van der Waals surface area (Å²) in [5.74, 6) is 1.26. The molecule has 0 unspecified atom stereocenters. The third kappa shape index (κ3) is 2.15. The number of benzene rings is 1. The van der Waals surface area contributed by atoms with Gasteiger partial charge in [0.05, 0.1) is 13.0 Å². The second-order valence-electron chi connectivity index (χ2n) is 2.21. The lowest BCUT2D eigenvalue weighted by molar-refractivity contribution is 0.411. The maximum atomic E-state index is 5.72. The Kier molecular flexibility index (Phi) is 3.87. The molecular formula is C8H7Br2ClO. The number of rotatable bonds is 2. The smallest absolute Gasteiger partial charge is 0.124 e. The minimum absolute atomic E-state index is 0.453. The first-order valence-electron chi connectivity index (χ1n) is 3.27. The predicted molar refractivity (Wildman–Crippen MR) is 58.0 cm³/mol. The molecule has 1 aromatic carbocycles. The molecule has 0 heterocycles. The van der Waals surface area contributed by atoms with E-state index in [-0.39, 0.29) is 0 Å². The van der Waals surface area contributed by atoms with Crippen LogP contribution in [-0.4, -0.2) is 7.11 Å². The fraction of sp³-hybridized carbons (Fsp3) is 0.250. The van der Waals surface area contributed by atoms with Gasteiger partial charge in [0.15, 0.2) is 0 Å². The van der Waals surface area contributed by atoms with Gasteiger partial charge in [-0.05, 0) is 44.0 Å². The highest BCUT2D eigenvalue weighted by Crippen LogP contribution is 2.31. The summed E-state index contributed by atoms with van der Waals surface area (Å²) in [6.07, 6.45) is 0. The first kappa shape index (κ1) is 10.4. The second-order valence-corrected chi connectivity index (χ2v) is 4.19. The Balaban J connectivity index is 3.19. The Morgan fingerprint density at radius 3 is 2.42 bits per heavy atom. The molecular weight excluding hydrogens is 307 g/mol. The molecule has 0 saturated heterocycles. The number of alkyl halides is 1. The van der Waals surface area contributed by atoms with E-state index in [2.05, 4.69) is 31.9 Å². The van der Waals surface area contributed by atoms with Gasteiger partial charge in [0.2, 0.25) is 0 Å². The van der Waals surface area contributed by atoms with E-state index in [1.807, 2.05) is 12.1 Å². The van der Waals surface area contributed by atoms with Crippen molar-refractivity contribution in [1.29, 1.82) is 0 Å². The summed E-state index contributed by atoms with van der Waals surface area (Å²) in [5.41, 5.74) is 0.981. The predicted octanol–water partition coefficient (Wildman–Crippen LogP) is 3.96. The summed E-state index contributed by atoms with van der Waals surface area (Å²) in [6.45, 7) is 0. The Bertz CT molecular complexity index is 260. The van der Waals surface area contributed by atoms with Crippen LogP contribution in [0.1, 0.15) is 5.56 Å². The largest absolute Gasteiger partial charge is 0.496 e. The summed E-state index contributed by atoms with van der Waals surface area (Å²) in [4.78, 5) is 0. The van der Waals surface area contributed by atoms with E-state index in [0.717, 1.165) is 20.3 Å². The zero-order valence-corrected chi connectivity index (χ0v) is 10.3. The van der Waals surface area contributed by atoms with E-state index < -0.39 is 0 Å². The van der Waals surface area contributed by atoms with Crippen LogP contribution < -0.4 is 4.74 Å². The van der Waals surface area contributed by atoms with Crippen molar-refractivity contribution in [2.24, 2.45) is 0 Å². The SMILES string of the molecule is COc1cc(Br)c(Br)cc1CCl. The van der Waals surface area contributed by atoms with Crippen LogP contribution in [-0.2, 0) is 5.88 Å². The van der Waals surface area contributed by atoms with Crippen molar-refractivity contribution in [3.05, 3.63) is 26.6 Å². The van der Waals surface area contributed by atoms with Gasteiger partial charge in [-0.25, -0.2) is 0 Å². The molecule has 0 aliphatic rings. The Hall–Kier alpha value is 0.270. The highest BCUT2D eigenvalue weighted by atomic mass is 79.9. The van der Waals surface area contributed by atoms with E-state index in [1.54, 1.807) is 7.11 Å². The van der Waals surface area contributed by atoms with Gasteiger partial charge in [-0.1, -0.05) is 0 Å². The molecule has 1 rings (SSSR count). The van der Waals surface area contributed by atoms with Crippen LogP contribution in [0.15, 0.2) is 21.1 Å². The Morgan fingerprint density at radius 2 is 1.92 bits per heavy atom. The van der Waals surface area contributed by atoms with Crippen molar-refractivity contribution in [2.45, 2.75) is 5.88 Å². The summed E-state index contributed by atoms with van der Waals surface area (Å²) in [7, 11) is 1.63. The third-order valence-electron chi connectivity index (χ3n) is 1.47. The molecule has 0 aliphatic carbocycles. The number of methoxy groups -OCH3 is 1. The van der Waals surface area contributed by atoms with Crippen molar-refractivity contribution in [3.63, 3.8) is 0 Å². The molecule has 66 valence electrons. The zero-order chi connectivity index (χ0) is 9.14. The van der Waals surface area contributed by atoms with Gasteiger partial charge in [-0.15, -0.1) is 11.6 Å². The number of ether oxygens (including phenoxy) is 1. The maximum Gasteiger partial charge on any atom is 0.124 e. The summed E-state index contributed by atoms with van der Waals surface area (Å²) < 4.78 is 7.09. The van der Waals surface area contributed by atoms with Crippen molar-refractivity contribution < 1.29 is 4.74 Å². The molecule has 1 nitrogen and oxygen atoms in total. The van der Waals surface area contributed by atoms with Crippen molar-refractivity contribution in [3.8, 4) is 5.75 Å². The van der Waals surface area contributed by atoms with E-state index in [9.17, 15) is 0 Å². The standard InChI is InChI=1S/C8H7Br2ClO/c1-12-8-3-7(10)6(9)2-5(8)4-11/h2-3H,4H2,1H3. The van der Waals surface area contributed by atoms with E-state index >= 15 is 0 Å². The minimum Gasteiger partial charge on any atom is -0.496 e. The van der Waals surface area contributed by atoms with Crippen molar-refractivity contribution in [1.82, 2.24) is 0 Å². The quantitative estimate of drug-likeness (QED) is 0.751. The molecule has 12 heavy (non-hydrogen) atoms. The summed E-state index contributed by atoms with van der Waals surface area (Å²) in [6, 6.07) is 3.83. The van der Waals surface area contributed by atoms with Crippen LogP contribution in [0.2, 0.25) is 0 Å². The van der Waals surface area contributed by atoms with Crippen LogP contribution in [0.25, 0.3) is 0 Å². The van der Waals surface area contributed by atoms with Crippen LogP contribution in [0.3, 0.4) is 0 Å². The average molecular weight is 314 g/mol. The van der Waals surface area contributed by atoms with Crippen LogP contribution in [0.4, 0.5) is 0 Å². The molecule has 0 saturated carbocycles. The van der Waals surface area contributed by atoms with Gasteiger partial charge < -0.3 is 4.74 Å². The lowest BCUT2D eigenvalue weighted by Gasteiger charge is -2.07. The van der Waals surface area contributed by atoms with Gasteiger partial charge in [-0.2, -0.15) is 0 Å². The molecule has 4 heteroatoms. The third-order valence-corrected chi connectivity index (χ3v) is 3.60. The van der Waals surface area contributed by atoms with E-state index in [1.165, 1.54) is 0 Å². The number of hydrogen-bond donors (Lipinski definition) is 0. The topological polar surface area (TPSA) is 9.23 Å². The van der Waals surface area contributed by atoms with Crippen LogP contribution in [0.5, 0.6) is 5.75 Å². The maximum absolute atomic E-state index is 5.72. The fourth-order valence-corrected chi connectivity index (χ4v) is 1.79. The van der Waals surface area contributed by atoms with Crippen LogP contribution >= 0.6 is 43.5 Å². The second kappa shape index (κ2) is 4.49. The summed E-state index contributed by atoms with van der Waals surface area (Å²) >= 11 is 12.5. The van der Waals surface area contributed by atoms with Gasteiger partial charge >= 0.3 is 0 Å². The fourth-order valence-electron chi connectivity index (χ4n) is 0.864. The molecule has 0 radical (unpaired) electrons. The average Bonchev–Trinajstić information content (AvgIpc) is 2.09. The number of hydrogen-bond acceptors (Lipinski definition) is 1. The first-order chi connectivity index (χ1) is 5.69. The molecule has 0 amide bonds. The van der Waals surface area contributed by atoms with Gasteiger partial charge in [0.1, 0.15) is 5.75 Å². The highest BCUT2D eigenvalue weighted by molar-refractivity contribution is 9.13. The van der Waals surface area contributed by atoms with Crippen molar-refractivity contribution in [2.75, 3.05) is 7.11 Å². The molecule has 0 aliphatic heterocycles. The molecule has 0 fully saturated rings. The Labute approximate surface area is 93.3 Å². The molecule has 0 atom stereocenters. The molecule has 0 spiro atoms. The molecule has 0 bridgehead atoms. The minimum atomic E-state index is 0.453. The van der Waals surface area contributed by atoms with Gasteiger partial charge in [0, 0.05) is 14.5 Å². The highest BCUT2D eigenvalue weighted by Gasteiger charge is 2.05. The van der Waals surface area contributed by atoms with E-state index in [4.69, 9.17) is 16.3 Å². The molecule has 0 N–H and O–H groups in total. The first-order valence-corrected chi connectivity index (χ1v) is 5.39. The summed E-state index contributed by atoms with van der Waals surface area (Å²) in [5, 5.41) is 0. The lowest BCUT2D eigenvalue weighted by atomic mass is 10.2.